The minimum atomic E-state index is -0.115. The van der Waals surface area contributed by atoms with E-state index in [4.69, 9.17) is 0 Å². The summed E-state index contributed by atoms with van der Waals surface area (Å²) < 4.78 is 13.2. The molecule has 14 heavy (non-hydrogen) atoms. The van der Waals surface area contributed by atoms with Gasteiger partial charge in [-0.2, -0.15) is 0 Å². The van der Waals surface area contributed by atoms with Gasteiger partial charge in [-0.3, -0.25) is 0 Å². The van der Waals surface area contributed by atoms with Gasteiger partial charge >= 0.3 is 0 Å². The minimum absolute atomic E-state index is 0.115. The highest BCUT2D eigenvalue weighted by molar-refractivity contribution is 5.25. The van der Waals surface area contributed by atoms with E-state index in [1.807, 2.05) is 18.2 Å². The van der Waals surface area contributed by atoms with Crippen molar-refractivity contribution >= 4 is 0 Å². The van der Waals surface area contributed by atoms with E-state index in [1.54, 1.807) is 6.07 Å². The summed E-state index contributed by atoms with van der Waals surface area (Å²) in [5.74, 6) is -0.115. The van der Waals surface area contributed by atoms with Crippen LogP contribution in [0.15, 0.2) is 30.9 Å². The fraction of sp³-hybridized carbons (Fsp3) is 0.308. The quantitative estimate of drug-likeness (QED) is 0.622. The topological polar surface area (TPSA) is 0 Å². The Bertz CT molecular complexity index is 302. The first kappa shape index (κ1) is 11.0. The number of rotatable bonds is 5. The Morgan fingerprint density at radius 1 is 1.29 bits per heavy atom. The lowest BCUT2D eigenvalue weighted by Crippen LogP contribution is -1.93. The molecule has 0 atom stereocenters. The Labute approximate surface area is 85.5 Å². The van der Waals surface area contributed by atoms with Gasteiger partial charge < -0.3 is 0 Å². The van der Waals surface area contributed by atoms with Gasteiger partial charge in [-0.05, 0) is 42.9 Å². The number of allylic oxidation sites excluding steroid dienone is 1. The van der Waals surface area contributed by atoms with Gasteiger partial charge in [0.15, 0.2) is 0 Å². The first-order valence-corrected chi connectivity index (χ1v) is 4.95. The lowest BCUT2D eigenvalue weighted by Gasteiger charge is -2.04. The Morgan fingerprint density at radius 3 is 2.71 bits per heavy atom. The molecule has 1 radical (unpaired) electrons. The lowest BCUT2D eigenvalue weighted by molar-refractivity contribution is 0.608. The van der Waals surface area contributed by atoms with E-state index in [0.29, 0.717) is 6.42 Å². The summed E-state index contributed by atoms with van der Waals surface area (Å²) in [7, 11) is 0. The van der Waals surface area contributed by atoms with Crippen molar-refractivity contribution in [3.63, 3.8) is 0 Å². The molecule has 0 amide bonds. The minimum Gasteiger partial charge on any atom is -0.207 e. The van der Waals surface area contributed by atoms with Crippen LogP contribution in [0, 0.1) is 12.7 Å². The maximum absolute atomic E-state index is 13.2. The number of aryl methyl sites for hydroxylation is 2. The average molecular weight is 191 g/mol. The van der Waals surface area contributed by atoms with Crippen LogP contribution in [0.4, 0.5) is 4.39 Å². The van der Waals surface area contributed by atoms with Crippen LogP contribution < -0.4 is 0 Å². The summed E-state index contributed by atoms with van der Waals surface area (Å²) in [4.78, 5) is 0. The van der Waals surface area contributed by atoms with Crippen LogP contribution in [-0.4, -0.2) is 0 Å². The molecule has 1 aromatic carbocycles. The molecule has 1 rings (SSSR count). The zero-order valence-corrected chi connectivity index (χ0v) is 8.43. The molecule has 0 spiro atoms. The summed E-state index contributed by atoms with van der Waals surface area (Å²) in [6, 6.07) is 5.32. The molecule has 1 aromatic rings. The van der Waals surface area contributed by atoms with Crippen LogP contribution >= 0.6 is 0 Å². The predicted molar refractivity (Wildman–Crippen MR) is 58.6 cm³/mol. The highest BCUT2D eigenvalue weighted by Crippen LogP contribution is 2.13. The van der Waals surface area contributed by atoms with Crippen molar-refractivity contribution in [2.24, 2.45) is 0 Å². The van der Waals surface area contributed by atoms with E-state index in [0.717, 1.165) is 24.8 Å². The summed E-state index contributed by atoms with van der Waals surface area (Å²) in [6.45, 7) is 7.40. The first-order valence-electron chi connectivity index (χ1n) is 4.95. The van der Waals surface area contributed by atoms with Crippen LogP contribution in [0.2, 0.25) is 0 Å². The van der Waals surface area contributed by atoms with Crippen LogP contribution in [0.1, 0.15) is 24.0 Å². The molecule has 1 heteroatoms. The Kier molecular flexibility index (Phi) is 4.37. The molecule has 0 nitrogen and oxygen atoms in total. The van der Waals surface area contributed by atoms with Crippen molar-refractivity contribution in [1.29, 1.82) is 0 Å². The fourth-order valence-corrected chi connectivity index (χ4v) is 1.43. The molecule has 0 bridgehead atoms. The maximum Gasteiger partial charge on any atom is 0.126 e. The molecule has 75 valence electrons. The third-order valence-electron chi connectivity index (χ3n) is 2.19. The van der Waals surface area contributed by atoms with Gasteiger partial charge in [0.05, 0.1) is 0 Å². The third-order valence-corrected chi connectivity index (χ3v) is 2.19. The molecular formula is C13H16F. The van der Waals surface area contributed by atoms with Gasteiger partial charge in [0.1, 0.15) is 5.82 Å². The molecule has 0 heterocycles. The smallest absolute Gasteiger partial charge is 0.126 e. The molecule has 0 aliphatic rings. The standard InChI is InChI=1S/C13H16F/c1-3-5-7-11-8-9-13(14)12(10-11)6-4-2/h3,8-10H,1-2,4-7H2. The zero-order chi connectivity index (χ0) is 10.4. The molecule has 0 saturated heterocycles. The average Bonchev–Trinajstić information content (AvgIpc) is 2.19. The molecule has 0 aromatic heterocycles. The monoisotopic (exact) mass is 191 g/mol. The maximum atomic E-state index is 13.2. The van der Waals surface area contributed by atoms with Crippen molar-refractivity contribution in [1.82, 2.24) is 0 Å². The molecule has 0 fully saturated rings. The van der Waals surface area contributed by atoms with Gasteiger partial charge in [0.25, 0.3) is 0 Å². The van der Waals surface area contributed by atoms with Gasteiger partial charge in [0, 0.05) is 0 Å². The van der Waals surface area contributed by atoms with Crippen LogP contribution in [0.25, 0.3) is 0 Å². The van der Waals surface area contributed by atoms with Crippen molar-refractivity contribution < 1.29 is 4.39 Å². The Hall–Kier alpha value is -1.11. The molecule has 0 saturated carbocycles. The summed E-state index contributed by atoms with van der Waals surface area (Å²) in [5, 5.41) is 0. The number of halogens is 1. The summed E-state index contributed by atoms with van der Waals surface area (Å²) in [5.41, 5.74) is 1.95. The van der Waals surface area contributed by atoms with Crippen molar-refractivity contribution in [2.45, 2.75) is 25.7 Å². The molecule has 0 aliphatic heterocycles. The molecule has 0 aliphatic carbocycles. The largest absolute Gasteiger partial charge is 0.207 e. The van der Waals surface area contributed by atoms with Crippen molar-refractivity contribution in [2.75, 3.05) is 0 Å². The molecular weight excluding hydrogens is 175 g/mol. The highest BCUT2D eigenvalue weighted by atomic mass is 19.1. The van der Waals surface area contributed by atoms with E-state index in [-0.39, 0.29) is 5.82 Å². The third kappa shape index (κ3) is 2.99. The van der Waals surface area contributed by atoms with E-state index in [9.17, 15) is 4.39 Å². The first-order chi connectivity index (χ1) is 6.77. The SMILES string of the molecule is [CH2]CCc1cc(CCC=C)ccc1F. The second kappa shape index (κ2) is 5.58. The normalized spacial score (nSPS) is 10.1. The lowest BCUT2D eigenvalue weighted by atomic mass is 10.0. The van der Waals surface area contributed by atoms with Crippen molar-refractivity contribution in [3.8, 4) is 0 Å². The van der Waals surface area contributed by atoms with E-state index < -0.39 is 0 Å². The Balaban J connectivity index is 2.77. The van der Waals surface area contributed by atoms with Gasteiger partial charge in [-0.15, -0.1) is 6.58 Å². The predicted octanol–water partition coefficient (Wildman–Crippen LogP) is 3.71. The van der Waals surface area contributed by atoms with Crippen molar-refractivity contribution in [3.05, 3.63) is 54.7 Å². The van der Waals surface area contributed by atoms with Gasteiger partial charge in [0.2, 0.25) is 0 Å². The second-order valence-corrected chi connectivity index (χ2v) is 3.36. The number of hydrogen-bond acceptors (Lipinski definition) is 0. The van der Waals surface area contributed by atoms with E-state index in [2.05, 4.69) is 13.5 Å². The van der Waals surface area contributed by atoms with Crippen LogP contribution in [0.3, 0.4) is 0 Å². The second-order valence-electron chi connectivity index (χ2n) is 3.36. The highest BCUT2D eigenvalue weighted by Gasteiger charge is 2.01. The van der Waals surface area contributed by atoms with Crippen LogP contribution in [-0.2, 0) is 12.8 Å². The molecule has 0 unspecified atom stereocenters. The molecule has 0 N–H and O–H groups in total. The van der Waals surface area contributed by atoms with Gasteiger partial charge in [-0.25, -0.2) is 4.39 Å². The van der Waals surface area contributed by atoms with E-state index >= 15 is 0 Å². The van der Waals surface area contributed by atoms with Crippen LogP contribution in [0.5, 0.6) is 0 Å². The van der Waals surface area contributed by atoms with E-state index in [1.165, 1.54) is 5.56 Å². The number of hydrogen-bond donors (Lipinski definition) is 0. The summed E-state index contributed by atoms with van der Waals surface area (Å²) in [6.07, 6.45) is 5.21. The Morgan fingerprint density at radius 2 is 2.07 bits per heavy atom. The number of benzene rings is 1. The fourth-order valence-electron chi connectivity index (χ4n) is 1.43. The van der Waals surface area contributed by atoms with Gasteiger partial charge in [-0.1, -0.05) is 25.1 Å². The zero-order valence-electron chi connectivity index (χ0n) is 8.43. The summed E-state index contributed by atoms with van der Waals surface area (Å²) >= 11 is 0.